The highest BCUT2D eigenvalue weighted by Crippen LogP contribution is 2.33. The molecule has 0 spiro atoms. The molecular weight excluding hydrogens is 292 g/mol. The number of nitrogens with zero attached hydrogens (tertiary/aromatic N) is 2. The summed E-state index contributed by atoms with van der Waals surface area (Å²) >= 11 is 0. The van der Waals surface area contributed by atoms with Crippen molar-refractivity contribution in [2.45, 2.75) is 11.8 Å². The highest BCUT2D eigenvalue weighted by molar-refractivity contribution is 7.88. The zero-order chi connectivity index (χ0) is 15.1. The second-order valence-corrected chi connectivity index (χ2v) is 5.93. The summed E-state index contributed by atoms with van der Waals surface area (Å²) < 4.78 is 13.6. The Morgan fingerprint density at radius 1 is 1.14 bits per heavy atom. The number of aryl methyl sites for hydroxylation is 1. The van der Waals surface area contributed by atoms with E-state index in [-0.39, 0.29) is 16.1 Å². The Labute approximate surface area is 122 Å². The fourth-order valence-corrected chi connectivity index (χ4v) is 3.45. The monoisotopic (exact) mass is 302 g/mol. The molecule has 2 aromatic carbocycles. The van der Waals surface area contributed by atoms with Gasteiger partial charge in [0.25, 0.3) is 11.6 Å². The molecule has 7 heteroatoms. The summed E-state index contributed by atoms with van der Waals surface area (Å²) in [5, 5.41) is 10.8. The van der Waals surface area contributed by atoms with E-state index in [9.17, 15) is 19.1 Å². The number of anilines is 1. The first kappa shape index (κ1) is 13.4. The van der Waals surface area contributed by atoms with Crippen LogP contribution in [0.25, 0.3) is 0 Å². The fourth-order valence-electron chi connectivity index (χ4n) is 2.12. The Bertz CT molecular complexity index is 786. The molecule has 21 heavy (non-hydrogen) atoms. The quantitative estimate of drug-likeness (QED) is 0.630. The number of carbonyl (C=O) groups excluding carboxylic acids is 1. The largest absolute Gasteiger partial charge is 0.271 e. The Balaban J connectivity index is 2.08. The second kappa shape index (κ2) is 4.78. The van der Waals surface area contributed by atoms with Crippen LogP contribution in [0.3, 0.4) is 0 Å². The van der Waals surface area contributed by atoms with Gasteiger partial charge in [-0.25, -0.2) is 8.51 Å². The lowest BCUT2D eigenvalue weighted by Gasteiger charge is -2.13. The molecule has 1 atom stereocenters. The van der Waals surface area contributed by atoms with Gasteiger partial charge in [-0.15, -0.1) is 0 Å². The molecule has 1 unspecified atom stereocenters. The Hall–Kier alpha value is -2.54. The predicted molar refractivity (Wildman–Crippen MR) is 77.5 cm³/mol. The summed E-state index contributed by atoms with van der Waals surface area (Å²) in [5.74, 6) is -0.415. The van der Waals surface area contributed by atoms with Crippen molar-refractivity contribution in [3.63, 3.8) is 0 Å². The number of hydrogen-bond donors (Lipinski definition) is 0. The summed E-state index contributed by atoms with van der Waals surface area (Å²) in [6, 6.07) is 10.8. The maximum absolute atomic E-state index is 12.5. The third-order valence-electron chi connectivity index (χ3n) is 3.21. The predicted octanol–water partition coefficient (Wildman–Crippen LogP) is 2.59. The van der Waals surface area contributed by atoms with Crippen molar-refractivity contribution in [3.05, 3.63) is 63.7 Å². The van der Waals surface area contributed by atoms with Gasteiger partial charge in [0, 0.05) is 12.1 Å². The van der Waals surface area contributed by atoms with Crippen LogP contribution < -0.4 is 4.31 Å². The van der Waals surface area contributed by atoms with Gasteiger partial charge in [-0.2, -0.15) is 0 Å². The molecule has 3 rings (SSSR count). The molecule has 0 N–H and O–H groups in total. The molecule has 0 saturated heterocycles. The van der Waals surface area contributed by atoms with Crippen molar-refractivity contribution in [1.82, 2.24) is 0 Å². The minimum absolute atomic E-state index is 0.176. The number of carbonyl (C=O) groups is 1. The summed E-state index contributed by atoms with van der Waals surface area (Å²) in [6.45, 7) is 1.91. The second-order valence-electron chi connectivity index (χ2n) is 4.62. The lowest BCUT2D eigenvalue weighted by molar-refractivity contribution is -0.385. The highest BCUT2D eigenvalue weighted by atomic mass is 32.2. The third kappa shape index (κ3) is 2.11. The minimum atomic E-state index is -1.77. The Morgan fingerprint density at radius 3 is 2.43 bits per heavy atom. The number of benzene rings is 2. The topological polar surface area (TPSA) is 80.5 Å². The number of nitro groups is 1. The van der Waals surface area contributed by atoms with E-state index in [0.29, 0.717) is 5.69 Å². The van der Waals surface area contributed by atoms with E-state index in [1.165, 1.54) is 18.2 Å². The van der Waals surface area contributed by atoms with E-state index >= 15 is 0 Å². The fraction of sp³-hybridized carbons (Fsp3) is 0.0714. The summed E-state index contributed by atoms with van der Waals surface area (Å²) in [4.78, 5) is 22.7. The molecule has 1 amide bonds. The van der Waals surface area contributed by atoms with Crippen LogP contribution >= 0.6 is 0 Å². The van der Waals surface area contributed by atoms with Crippen LogP contribution in [0.4, 0.5) is 11.4 Å². The van der Waals surface area contributed by atoms with E-state index in [2.05, 4.69) is 0 Å². The SMILES string of the molecule is Cc1ccc(N2C(=O)c3ccc([N+](=O)[O-])cc3S2=O)cc1. The molecule has 106 valence electrons. The molecule has 6 nitrogen and oxygen atoms in total. The number of rotatable bonds is 2. The van der Waals surface area contributed by atoms with E-state index in [4.69, 9.17) is 0 Å². The number of nitro benzene ring substituents is 1. The van der Waals surface area contributed by atoms with Gasteiger partial charge in [-0.3, -0.25) is 14.9 Å². The third-order valence-corrected chi connectivity index (χ3v) is 4.64. The molecule has 1 heterocycles. The molecule has 1 aliphatic heterocycles. The standard InChI is InChI=1S/C14H10N2O4S/c1-9-2-4-10(5-3-9)15-14(17)12-7-6-11(16(18)19)8-13(12)21(15)20/h2-8H,1H3. The van der Waals surface area contributed by atoms with Crippen molar-refractivity contribution in [2.75, 3.05) is 4.31 Å². The Morgan fingerprint density at radius 2 is 1.81 bits per heavy atom. The van der Waals surface area contributed by atoms with Gasteiger partial charge in [-0.1, -0.05) is 17.7 Å². The normalized spacial score (nSPS) is 16.9. The van der Waals surface area contributed by atoms with Gasteiger partial charge in [0.15, 0.2) is 11.0 Å². The van der Waals surface area contributed by atoms with Crippen LogP contribution in [-0.4, -0.2) is 15.0 Å². The number of amides is 1. The molecule has 2 aromatic rings. The summed E-state index contributed by atoms with van der Waals surface area (Å²) in [6.07, 6.45) is 0. The minimum Gasteiger partial charge on any atom is -0.268 e. The van der Waals surface area contributed by atoms with E-state index in [0.717, 1.165) is 9.87 Å². The van der Waals surface area contributed by atoms with Crippen LogP contribution in [0.5, 0.6) is 0 Å². The first-order valence-corrected chi connectivity index (χ1v) is 7.21. The van der Waals surface area contributed by atoms with Crippen molar-refractivity contribution >= 4 is 28.3 Å². The van der Waals surface area contributed by atoms with Gasteiger partial charge in [0.1, 0.15) is 0 Å². The van der Waals surface area contributed by atoms with E-state index in [1.54, 1.807) is 12.1 Å². The van der Waals surface area contributed by atoms with Gasteiger partial charge in [0.05, 0.1) is 21.1 Å². The highest BCUT2D eigenvalue weighted by Gasteiger charge is 2.36. The van der Waals surface area contributed by atoms with Crippen molar-refractivity contribution < 1.29 is 13.9 Å². The number of fused-ring (bicyclic) bond motifs is 1. The van der Waals surface area contributed by atoms with Crippen molar-refractivity contribution in [2.24, 2.45) is 0 Å². The molecule has 0 saturated carbocycles. The molecule has 0 radical (unpaired) electrons. The lowest BCUT2D eigenvalue weighted by Crippen LogP contribution is -2.25. The van der Waals surface area contributed by atoms with Gasteiger partial charge in [-0.05, 0) is 25.1 Å². The number of hydrogen-bond acceptors (Lipinski definition) is 4. The molecular formula is C14H10N2O4S. The van der Waals surface area contributed by atoms with Crippen LogP contribution in [0.2, 0.25) is 0 Å². The summed E-state index contributed by atoms with van der Waals surface area (Å²) in [7, 11) is -1.77. The lowest BCUT2D eigenvalue weighted by atomic mass is 10.2. The molecule has 0 aliphatic carbocycles. The first-order valence-electron chi connectivity index (χ1n) is 6.10. The number of non-ortho nitro benzene ring substituents is 1. The maximum atomic E-state index is 12.5. The van der Waals surface area contributed by atoms with Crippen LogP contribution in [-0.2, 0) is 11.0 Å². The summed E-state index contributed by atoms with van der Waals surface area (Å²) in [5.41, 5.74) is 1.58. The van der Waals surface area contributed by atoms with E-state index < -0.39 is 21.8 Å². The smallest absolute Gasteiger partial charge is 0.268 e. The molecule has 0 bridgehead atoms. The van der Waals surface area contributed by atoms with E-state index in [1.807, 2.05) is 19.1 Å². The zero-order valence-corrected chi connectivity index (χ0v) is 11.8. The van der Waals surface area contributed by atoms with Crippen molar-refractivity contribution in [3.8, 4) is 0 Å². The Kier molecular flexibility index (Phi) is 3.06. The van der Waals surface area contributed by atoms with Crippen LogP contribution in [0.1, 0.15) is 15.9 Å². The average Bonchev–Trinajstić information content (AvgIpc) is 2.72. The molecule has 1 aliphatic rings. The van der Waals surface area contributed by atoms with Gasteiger partial charge >= 0.3 is 0 Å². The van der Waals surface area contributed by atoms with Crippen LogP contribution in [0, 0.1) is 17.0 Å². The maximum Gasteiger partial charge on any atom is 0.271 e. The van der Waals surface area contributed by atoms with Gasteiger partial charge < -0.3 is 0 Å². The van der Waals surface area contributed by atoms with Crippen LogP contribution in [0.15, 0.2) is 47.4 Å². The molecule has 0 aromatic heterocycles. The zero-order valence-electron chi connectivity index (χ0n) is 11.0. The van der Waals surface area contributed by atoms with Gasteiger partial charge in [0.2, 0.25) is 0 Å². The average molecular weight is 302 g/mol. The molecule has 0 fully saturated rings. The van der Waals surface area contributed by atoms with Crippen molar-refractivity contribution in [1.29, 1.82) is 0 Å². The first-order chi connectivity index (χ1) is 9.99.